The van der Waals surface area contributed by atoms with Crippen LogP contribution in [0.5, 0.6) is 0 Å². The molecule has 0 spiro atoms. The molecule has 94 valence electrons. The molecule has 0 aliphatic carbocycles. The first-order valence-electron chi connectivity index (χ1n) is 6.18. The number of nitrogens with one attached hydrogen (secondary N) is 1. The Kier molecular flexibility index (Phi) is 4.25. The summed E-state index contributed by atoms with van der Waals surface area (Å²) in [6.45, 7) is 2.70. The van der Waals surface area contributed by atoms with E-state index in [9.17, 15) is 0 Å². The minimum absolute atomic E-state index is 0.564. The van der Waals surface area contributed by atoms with E-state index >= 15 is 0 Å². The Morgan fingerprint density at radius 2 is 1.94 bits per heavy atom. The molecular weight excluding hydrogens is 224 g/mol. The number of hydrogen-bond acceptors (Lipinski definition) is 4. The number of aryl methyl sites for hydroxylation is 1. The van der Waals surface area contributed by atoms with Crippen molar-refractivity contribution in [3.63, 3.8) is 0 Å². The van der Waals surface area contributed by atoms with Gasteiger partial charge in [0.1, 0.15) is 12.1 Å². The van der Waals surface area contributed by atoms with Crippen LogP contribution in [0.2, 0.25) is 0 Å². The van der Waals surface area contributed by atoms with E-state index in [0.717, 1.165) is 35.6 Å². The van der Waals surface area contributed by atoms with Crippen LogP contribution < -0.4 is 11.1 Å². The van der Waals surface area contributed by atoms with Gasteiger partial charge in [-0.15, -0.1) is 0 Å². The van der Waals surface area contributed by atoms with Crippen molar-refractivity contribution >= 4 is 11.5 Å². The quantitative estimate of drug-likeness (QED) is 0.846. The standard InChI is InChI=1S/C14H18N4/c1-2-3-13-8-14(17-10-16-13)18-12-6-4-11(9-15)5-7-12/h4-8,10H,2-3,9,15H2,1H3,(H,16,17,18). The Morgan fingerprint density at radius 3 is 2.61 bits per heavy atom. The summed E-state index contributed by atoms with van der Waals surface area (Å²) in [6.07, 6.45) is 3.66. The van der Waals surface area contributed by atoms with Crippen LogP contribution >= 0.6 is 0 Å². The average Bonchev–Trinajstić information content (AvgIpc) is 2.40. The molecule has 0 radical (unpaired) electrons. The van der Waals surface area contributed by atoms with Gasteiger partial charge in [-0.25, -0.2) is 9.97 Å². The van der Waals surface area contributed by atoms with Gasteiger partial charge < -0.3 is 11.1 Å². The van der Waals surface area contributed by atoms with E-state index in [4.69, 9.17) is 5.73 Å². The van der Waals surface area contributed by atoms with Crippen LogP contribution in [0, 0.1) is 0 Å². The van der Waals surface area contributed by atoms with Crippen molar-refractivity contribution < 1.29 is 0 Å². The number of nitrogens with two attached hydrogens (primary N) is 1. The van der Waals surface area contributed by atoms with Crippen molar-refractivity contribution in [1.29, 1.82) is 0 Å². The van der Waals surface area contributed by atoms with Crippen molar-refractivity contribution in [2.45, 2.75) is 26.3 Å². The Hall–Kier alpha value is -1.94. The van der Waals surface area contributed by atoms with Crippen LogP contribution in [0.15, 0.2) is 36.7 Å². The zero-order chi connectivity index (χ0) is 12.8. The summed E-state index contributed by atoms with van der Waals surface area (Å²) in [7, 11) is 0. The van der Waals surface area contributed by atoms with E-state index in [1.165, 1.54) is 0 Å². The summed E-state index contributed by atoms with van der Waals surface area (Å²) in [5.41, 5.74) is 8.76. The summed E-state index contributed by atoms with van der Waals surface area (Å²) in [6, 6.07) is 10.0. The summed E-state index contributed by atoms with van der Waals surface area (Å²) in [5.74, 6) is 0.828. The topological polar surface area (TPSA) is 63.8 Å². The Balaban J connectivity index is 2.09. The molecule has 3 N–H and O–H groups in total. The van der Waals surface area contributed by atoms with Gasteiger partial charge in [-0.2, -0.15) is 0 Å². The third-order valence-electron chi connectivity index (χ3n) is 2.69. The minimum atomic E-state index is 0.564. The van der Waals surface area contributed by atoms with Crippen molar-refractivity contribution in [3.8, 4) is 0 Å². The third-order valence-corrected chi connectivity index (χ3v) is 2.69. The molecule has 0 saturated carbocycles. The first-order valence-corrected chi connectivity index (χ1v) is 6.18. The lowest BCUT2D eigenvalue weighted by molar-refractivity contribution is 0.873. The summed E-state index contributed by atoms with van der Waals surface area (Å²) < 4.78 is 0. The van der Waals surface area contributed by atoms with E-state index < -0.39 is 0 Å². The summed E-state index contributed by atoms with van der Waals surface area (Å²) in [5, 5.41) is 3.26. The second-order valence-electron chi connectivity index (χ2n) is 4.17. The normalized spacial score (nSPS) is 10.3. The van der Waals surface area contributed by atoms with Crippen LogP contribution in [0.3, 0.4) is 0 Å². The Labute approximate surface area is 107 Å². The third kappa shape index (κ3) is 3.28. The summed E-state index contributed by atoms with van der Waals surface area (Å²) in [4.78, 5) is 8.44. The van der Waals surface area contributed by atoms with Crippen molar-refractivity contribution in [2.24, 2.45) is 5.73 Å². The fraction of sp³-hybridized carbons (Fsp3) is 0.286. The highest BCUT2D eigenvalue weighted by atomic mass is 15.0. The Morgan fingerprint density at radius 1 is 1.17 bits per heavy atom. The highest BCUT2D eigenvalue weighted by Gasteiger charge is 1.99. The molecule has 0 bridgehead atoms. The fourth-order valence-corrected chi connectivity index (χ4v) is 1.73. The number of hydrogen-bond donors (Lipinski definition) is 2. The molecule has 4 nitrogen and oxygen atoms in total. The number of anilines is 2. The SMILES string of the molecule is CCCc1cc(Nc2ccc(CN)cc2)ncn1. The van der Waals surface area contributed by atoms with Gasteiger partial charge in [-0.1, -0.05) is 25.5 Å². The zero-order valence-corrected chi connectivity index (χ0v) is 10.6. The highest BCUT2D eigenvalue weighted by Crippen LogP contribution is 2.15. The molecule has 18 heavy (non-hydrogen) atoms. The molecule has 0 saturated heterocycles. The van der Waals surface area contributed by atoms with Gasteiger partial charge in [0.2, 0.25) is 0 Å². The van der Waals surface area contributed by atoms with E-state index in [1.54, 1.807) is 6.33 Å². The molecule has 2 rings (SSSR count). The van der Waals surface area contributed by atoms with E-state index in [1.807, 2.05) is 30.3 Å². The number of aromatic nitrogens is 2. The van der Waals surface area contributed by atoms with Gasteiger partial charge in [0.25, 0.3) is 0 Å². The molecule has 0 aliphatic rings. The summed E-state index contributed by atoms with van der Waals surface area (Å²) >= 11 is 0. The van der Waals surface area contributed by atoms with E-state index in [-0.39, 0.29) is 0 Å². The largest absolute Gasteiger partial charge is 0.340 e. The zero-order valence-electron chi connectivity index (χ0n) is 10.6. The first kappa shape index (κ1) is 12.5. The maximum Gasteiger partial charge on any atom is 0.133 e. The average molecular weight is 242 g/mol. The van der Waals surface area contributed by atoms with Gasteiger partial charge in [0.05, 0.1) is 0 Å². The lowest BCUT2D eigenvalue weighted by Gasteiger charge is -2.07. The monoisotopic (exact) mass is 242 g/mol. The van der Waals surface area contributed by atoms with Crippen LogP contribution in [0.1, 0.15) is 24.6 Å². The van der Waals surface area contributed by atoms with Gasteiger partial charge in [-0.3, -0.25) is 0 Å². The molecule has 0 fully saturated rings. The van der Waals surface area contributed by atoms with Gasteiger partial charge in [-0.05, 0) is 24.1 Å². The van der Waals surface area contributed by atoms with Crippen molar-refractivity contribution in [3.05, 3.63) is 47.9 Å². The molecule has 0 atom stereocenters. The molecule has 1 aromatic carbocycles. The smallest absolute Gasteiger partial charge is 0.133 e. The molecule has 0 unspecified atom stereocenters. The molecule has 2 aromatic rings. The molecule has 0 aliphatic heterocycles. The van der Waals surface area contributed by atoms with Crippen LogP contribution in [-0.4, -0.2) is 9.97 Å². The second-order valence-corrected chi connectivity index (χ2v) is 4.17. The maximum atomic E-state index is 5.56. The Bertz CT molecular complexity index is 493. The lowest BCUT2D eigenvalue weighted by Crippen LogP contribution is -1.99. The molecule has 0 amide bonds. The second kappa shape index (κ2) is 6.12. The van der Waals surface area contributed by atoms with Gasteiger partial charge in [0, 0.05) is 24.0 Å². The number of benzene rings is 1. The van der Waals surface area contributed by atoms with Gasteiger partial charge >= 0.3 is 0 Å². The molecule has 1 heterocycles. The van der Waals surface area contributed by atoms with Crippen molar-refractivity contribution in [2.75, 3.05) is 5.32 Å². The van der Waals surface area contributed by atoms with E-state index in [0.29, 0.717) is 6.54 Å². The predicted octanol–water partition coefficient (Wildman–Crippen LogP) is 2.63. The highest BCUT2D eigenvalue weighted by molar-refractivity contribution is 5.56. The molecule has 4 heteroatoms. The fourth-order valence-electron chi connectivity index (χ4n) is 1.73. The first-order chi connectivity index (χ1) is 8.81. The van der Waals surface area contributed by atoms with Gasteiger partial charge in [0.15, 0.2) is 0 Å². The van der Waals surface area contributed by atoms with Crippen LogP contribution in [0.4, 0.5) is 11.5 Å². The van der Waals surface area contributed by atoms with Crippen LogP contribution in [0.25, 0.3) is 0 Å². The maximum absolute atomic E-state index is 5.56. The minimum Gasteiger partial charge on any atom is -0.340 e. The van der Waals surface area contributed by atoms with Crippen LogP contribution in [-0.2, 0) is 13.0 Å². The van der Waals surface area contributed by atoms with E-state index in [2.05, 4.69) is 22.2 Å². The number of nitrogens with zero attached hydrogens (tertiary/aromatic N) is 2. The molecule has 1 aromatic heterocycles. The van der Waals surface area contributed by atoms with Crippen molar-refractivity contribution in [1.82, 2.24) is 9.97 Å². The predicted molar refractivity (Wildman–Crippen MR) is 73.6 cm³/mol. The molecular formula is C14H18N4. The lowest BCUT2D eigenvalue weighted by atomic mass is 10.2. The number of rotatable bonds is 5.